The predicted molar refractivity (Wildman–Crippen MR) is 106 cm³/mol. The zero-order valence-corrected chi connectivity index (χ0v) is 15.3. The molecule has 0 saturated carbocycles. The van der Waals surface area contributed by atoms with Crippen LogP contribution in [0, 0.1) is 0 Å². The Kier molecular flexibility index (Phi) is 4.98. The monoisotopic (exact) mass is 337 g/mol. The molecule has 1 saturated heterocycles. The molecule has 0 radical (unpaired) electrons. The Morgan fingerprint density at radius 1 is 0.840 bits per heavy atom. The van der Waals surface area contributed by atoms with E-state index in [2.05, 4.69) is 60.6 Å². The molecule has 132 valence electrons. The lowest BCUT2D eigenvalue weighted by molar-refractivity contribution is 0.262. The number of carbonyl (C=O) groups is 1. The molecular formula is C21H27N3O. The highest BCUT2D eigenvalue weighted by atomic mass is 16.2. The largest absolute Gasteiger partial charge is 0.372 e. The number of rotatable bonds is 3. The molecule has 2 N–H and O–H groups in total. The number of nitrogens with one attached hydrogen (secondary N) is 2. The summed E-state index contributed by atoms with van der Waals surface area (Å²) in [6, 6.07) is 15.8. The van der Waals surface area contributed by atoms with Crippen molar-refractivity contribution in [2.24, 2.45) is 0 Å². The van der Waals surface area contributed by atoms with Crippen LogP contribution < -0.4 is 15.5 Å². The van der Waals surface area contributed by atoms with Crippen LogP contribution in [0.5, 0.6) is 0 Å². The second kappa shape index (κ2) is 7.18. The Hall–Kier alpha value is -2.49. The number of nitrogens with zero attached hydrogens (tertiary/aromatic N) is 1. The van der Waals surface area contributed by atoms with E-state index in [1.807, 2.05) is 24.3 Å². The van der Waals surface area contributed by atoms with Crippen molar-refractivity contribution in [3.8, 4) is 0 Å². The molecule has 1 heterocycles. The van der Waals surface area contributed by atoms with Crippen molar-refractivity contribution in [2.75, 3.05) is 28.6 Å². The second-order valence-electron chi connectivity index (χ2n) is 7.65. The summed E-state index contributed by atoms with van der Waals surface area (Å²) in [4.78, 5) is 14.5. The molecule has 1 aliphatic rings. The Balaban J connectivity index is 1.57. The molecule has 2 aromatic carbocycles. The lowest BCUT2D eigenvalue weighted by atomic mass is 9.87. The molecule has 3 rings (SSSR count). The van der Waals surface area contributed by atoms with Crippen molar-refractivity contribution < 1.29 is 4.79 Å². The summed E-state index contributed by atoms with van der Waals surface area (Å²) in [5.74, 6) is 0. The van der Waals surface area contributed by atoms with E-state index in [1.54, 1.807) is 0 Å². The fourth-order valence-corrected chi connectivity index (χ4v) is 3.08. The summed E-state index contributed by atoms with van der Waals surface area (Å²) >= 11 is 0. The minimum Gasteiger partial charge on any atom is -0.372 e. The van der Waals surface area contributed by atoms with Crippen LogP contribution in [0.1, 0.15) is 39.2 Å². The molecule has 2 aromatic rings. The third kappa shape index (κ3) is 4.53. The second-order valence-corrected chi connectivity index (χ2v) is 7.65. The molecule has 4 nitrogen and oxygen atoms in total. The van der Waals surface area contributed by atoms with Gasteiger partial charge in [0, 0.05) is 30.2 Å². The molecule has 0 unspecified atom stereocenters. The van der Waals surface area contributed by atoms with Gasteiger partial charge in [-0.3, -0.25) is 0 Å². The number of amides is 2. The molecule has 0 aromatic heterocycles. The zero-order valence-electron chi connectivity index (χ0n) is 15.3. The van der Waals surface area contributed by atoms with E-state index in [9.17, 15) is 4.79 Å². The average Bonchev–Trinajstić information content (AvgIpc) is 3.09. The summed E-state index contributed by atoms with van der Waals surface area (Å²) < 4.78 is 0. The van der Waals surface area contributed by atoms with Crippen LogP contribution in [0.3, 0.4) is 0 Å². The molecule has 2 amide bonds. The van der Waals surface area contributed by atoms with Gasteiger partial charge in [0.25, 0.3) is 0 Å². The molecular weight excluding hydrogens is 310 g/mol. The quantitative estimate of drug-likeness (QED) is 0.805. The minimum atomic E-state index is -0.225. The van der Waals surface area contributed by atoms with E-state index >= 15 is 0 Å². The molecule has 25 heavy (non-hydrogen) atoms. The van der Waals surface area contributed by atoms with Crippen molar-refractivity contribution in [2.45, 2.75) is 39.0 Å². The summed E-state index contributed by atoms with van der Waals surface area (Å²) in [5.41, 5.74) is 4.17. The molecule has 1 fully saturated rings. The van der Waals surface area contributed by atoms with Crippen LogP contribution in [0.15, 0.2) is 48.5 Å². The summed E-state index contributed by atoms with van der Waals surface area (Å²) in [6.45, 7) is 8.77. The van der Waals surface area contributed by atoms with Gasteiger partial charge in [-0.2, -0.15) is 0 Å². The molecule has 0 spiro atoms. The molecule has 0 atom stereocenters. The number of anilines is 3. The van der Waals surface area contributed by atoms with E-state index in [0.717, 1.165) is 24.5 Å². The maximum atomic E-state index is 12.2. The van der Waals surface area contributed by atoms with E-state index in [4.69, 9.17) is 0 Å². The fourth-order valence-electron chi connectivity index (χ4n) is 3.08. The normalized spacial score (nSPS) is 14.4. The van der Waals surface area contributed by atoms with Crippen LogP contribution in [0.2, 0.25) is 0 Å². The van der Waals surface area contributed by atoms with Gasteiger partial charge in [-0.1, -0.05) is 32.9 Å². The highest BCUT2D eigenvalue weighted by Crippen LogP contribution is 2.24. The fraction of sp³-hybridized carbons (Fsp3) is 0.381. The molecule has 1 aliphatic heterocycles. The number of hydrogen-bond acceptors (Lipinski definition) is 2. The van der Waals surface area contributed by atoms with E-state index in [-0.39, 0.29) is 11.4 Å². The van der Waals surface area contributed by atoms with Gasteiger partial charge in [0.2, 0.25) is 0 Å². The third-order valence-electron chi connectivity index (χ3n) is 4.61. The average molecular weight is 337 g/mol. The third-order valence-corrected chi connectivity index (χ3v) is 4.61. The van der Waals surface area contributed by atoms with Crippen LogP contribution in [0.4, 0.5) is 21.9 Å². The van der Waals surface area contributed by atoms with E-state index < -0.39 is 0 Å². The van der Waals surface area contributed by atoms with Gasteiger partial charge in [-0.25, -0.2) is 4.79 Å². The van der Waals surface area contributed by atoms with Gasteiger partial charge >= 0.3 is 6.03 Å². The Morgan fingerprint density at radius 2 is 1.32 bits per heavy atom. The molecule has 0 aliphatic carbocycles. The molecule has 0 bridgehead atoms. The van der Waals surface area contributed by atoms with Crippen molar-refractivity contribution in [1.82, 2.24) is 0 Å². The summed E-state index contributed by atoms with van der Waals surface area (Å²) in [7, 11) is 0. The minimum absolute atomic E-state index is 0.109. The Bertz CT molecular complexity index is 708. The summed E-state index contributed by atoms with van der Waals surface area (Å²) in [6.07, 6.45) is 2.52. The van der Waals surface area contributed by atoms with E-state index in [1.165, 1.54) is 24.1 Å². The van der Waals surface area contributed by atoms with E-state index in [0.29, 0.717) is 0 Å². The zero-order chi connectivity index (χ0) is 17.9. The first-order valence-corrected chi connectivity index (χ1v) is 8.95. The maximum absolute atomic E-state index is 12.2. The highest BCUT2D eigenvalue weighted by Gasteiger charge is 2.14. The van der Waals surface area contributed by atoms with Crippen molar-refractivity contribution >= 4 is 23.1 Å². The van der Waals surface area contributed by atoms with Crippen molar-refractivity contribution in [1.29, 1.82) is 0 Å². The van der Waals surface area contributed by atoms with Crippen LogP contribution in [-0.2, 0) is 5.41 Å². The van der Waals surface area contributed by atoms with Gasteiger partial charge in [0.15, 0.2) is 0 Å². The first-order valence-electron chi connectivity index (χ1n) is 8.95. The van der Waals surface area contributed by atoms with Crippen LogP contribution in [-0.4, -0.2) is 19.1 Å². The smallest absolute Gasteiger partial charge is 0.323 e. The number of carbonyl (C=O) groups excluding carboxylic acids is 1. The Morgan fingerprint density at radius 3 is 1.80 bits per heavy atom. The van der Waals surface area contributed by atoms with Gasteiger partial charge in [0.05, 0.1) is 0 Å². The summed E-state index contributed by atoms with van der Waals surface area (Å²) in [5, 5.41) is 5.76. The van der Waals surface area contributed by atoms with Crippen molar-refractivity contribution in [3.05, 3.63) is 54.1 Å². The number of urea groups is 1. The SMILES string of the molecule is CC(C)(C)c1ccc(NC(=O)Nc2ccc(N3CCCC3)cc2)cc1. The lowest BCUT2D eigenvalue weighted by Gasteiger charge is -2.19. The first-order chi connectivity index (χ1) is 11.9. The predicted octanol–water partition coefficient (Wildman–Crippen LogP) is 5.23. The van der Waals surface area contributed by atoms with Crippen molar-refractivity contribution in [3.63, 3.8) is 0 Å². The highest BCUT2D eigenvalue weighted by molar-refractivity contribution is 5.99. The van der Waals surface area contributed by atoms with Gasteiger partial charge in [-0.05, 0) is 60.2 Å². The van der Waals surface area contributed by atoms with Gasteiger partial charge < -0.3 is 15.5 Å². The number of hydrogen-bond donors (Lipinski definition) is 2. The maximum Gasteiger partial charge on any atom is 0.323 e. The topological polar surface area (TPSA) is 44.4 Å². The Labute approximate surface area is 150 Å². The first kappa shape index (κ1) is 17.3. The van der Waals surface area contributed by atoms with Crippen LogP contribution >= 0.6 is 0 Å². The van der Waals surface area contributed by atoms with Crippen LogP contribution in [0.25, 0.3) is 0 Å². The number of benzene rings is 2. The lowest BCUT2D eigenvalue weighted by Crippen LogP contribution is -2.20. The standard InChI is InChI=1S/C21H27N3O/c1-21(2,3)16-6-8-17(9-7-16)22-20(25)23-18-10-12-19(13-11-18)24-14-4-5-15-24/h6-13H,4-5,14-15H2,1-3H3,(H2,22,23,25). The molecule has 4 heteroatoms. The van der Waals surface area contributed by atoms with Gasteiger partial charge in [-0.15, -0.1) is 0 Å². The van der Waals surface area contributed by atoms with Gasteiger partial charge in [0.1, 0.15) is 0 Å².